The maximum atomic E-state index is 12.7. The lowest BCUT2D eigenvalue weighted by Crippen LogP contribution is -2.62. The van der Waals surface area contributed by atoms with E-state index in [1.807, 2.05) is 6.07 Å². The zero-order valence-corrected chi connectivity index (χ0v) is 15.4. The third-order valence-corrected chi connectivity index (χ3v) is 5.82. The molecule has 3 rings (SSSR count). The van der Waals surface area contributed by atoms with E-state index in [4.69, 9.17) is 15.2 Å². The molecule has 1 aliphatic rings. The predicted molar refractivity (Wildman–Crippen MR) is 97.2 cm³/mol. The summed E-state index contributed by atoms with van der Waals surface area (Å²) in [5.41, 5.74) is 3.02. The van der Waals surface area contributed by atoms with Crippen LogP contribution < -0.4 is 15.2 Å². The number of carbonyl (C=O) groups is 2. The van der Waals surface area contributed by atoms with Crippen LogP contribution >= 0.6 is 0 Å². The first-order chi connectivity index (χ1) is 13.2. The van der Waals surface area contributed by atoms with E-state index in [-0.39, 0.29) is 17.9 Å². The molecule has 1 fully saturated rings. The van der Waals surface area contributed by atoms with Crippen LogP contribution in [0.25, 0.3) is 0 Å². The molecule has 9 nitrogen and oxygen atoms in total. The van der Waals surface area contributed by atoms with Gasteiger partial charge in [-0.05, 0) is 36.4 Å². The van der Waals surface area contributed by atoms with E-state index in [2.05, 4.69) is 4.72 Å². The van der Waals surface area contributed by atoms with Gasteiger partial charge in [0.25, 0.3) is 0 Å². The van der Waals surface area contributed by atoms with Crippen LogP contribution in [0.2, 0.25) is 0 Å². The summed E-state index contributed by atoms with van der Waals surface area (Å²) in [5, 5.41) is 9.57. The lowest BCUT2D eigenvalue weighted by atomic mass is 9.92. The number of rotatable bonds is 7. The number of carbonyl (C=O) groups excluding carboxylic acids is 1. The third kappa shape index (κ3) is 3.84. The first-order valence-electron chi connectivity index (χ1n) is 8.26. The summed E-state index contributed by atoms with van der Waals surface area (Å²) in [4.78, 5) is 23.1. The number of carboxylic acids is 1. The van der Waals surface area contributed by atoms with Crippen molar-refractivity contribution in [3.8, 4) is 11.5 Å². The molecular formula is C18H18N2O7S. The second-order valence-corrected chi connectivity index (χ2v) is 7.85. The number of para-hydroxylation sites is 1. The molecule has 0 saturated carbocycles. The van der Waals surface area contributed by atoms with Crippen molar-refractivity contribution in [3.05, 3.63) is 54.6 Å². The van der Waals surface area contributed by atoms with Gasteiger partial charge < -0.3 is 20.3 Å². The molecule has 1 aliphatic heterocycles. The quantitative estimate of drug-likeness (QED) is 0.618. The van der Waals surface area contributed by atoms with Gasteiger partial charge in [-0.15, -0.1) is 0 Å². The molecule has 0 aliphatic carbocycles. The highest BCUT2D eigenvalue weighted by molar-refractivity contribution is 7.89. The molecule has 28 heavy (non-hydrogen) atoms. The standard InChI is InChI=1S/C18H18N2O7S/c19-16(21)15-18(17(22)23,10-11-26-15)20-28(24,25)14-8-6-13(7-9-14)27-12-4-2-1-3-5-12/h1-9,15,20H,10-11H2,(H2,19,21)(H,22,23). The predicted octanol–water partition coefficient (Wildman–Crippen LogP) is 0.855. The fourth-order valence-corrected chi connectivity index (χ4v) is 4.30. The molecule has 10 heteroatoms. The first-order valence-corrected chi connectivity index (χ1v) is 9.74. The smallest absolute Gasteiger partial charge is 0.328 e. The van der Waals surface area contributed by atoms with Gasteiger partial charge in [-0.25, -0.2) is 8.42 Å². The van der Waals surface area contributed by atoms with Crippen LogP contribution in [0.1, 0.15) is 6.42 Å². The molecule has 2 aromatic carbocycles. The van der Waals surface area contributed by atoms with Crippen LogP contribution in [0, 0.1) is 0 Å². The number of hydrogen-bond acceptors (Lipinski definition) is 6. The van der Waals surface area contributed by atoms with Crippen LogP contribution in [-0.2, 0) is 24.3 Å². The van der Waals surface area contributed by atoms with Gasteiger partial charge >= 0.3 is 5.97 Å². The van der Waals surface area contributed by atoms with E-state index >= 15 is 0 Å². The topological polar surface area (TPSA) is 145 Å². The average Bonchev–Trinajstić information content (AvgIpc) is 3.08. The normalized spacial score (nSPS) is 21.9. The van der Waals surface area contributed by atoms with Gasteiger partial charge in [0.2, 0.25) is 15.9 Å². The SMILES string of the molecule is NC(=O)C1OCCC1(NS(=O)(=O)c1ccc(Oc2ccccc2)cc1)C(=O)O. The lowest BCUT2D eigenvalue weighted by Gasteiger charge is -2.28. The Bertz CT molecular complexity index is 977. The number of carboxylic acid groups (broad SMARTS) is 1. The molecule has 4 N–H and O–H groups in total. The fourth-order valence-electron chi connectivity index (χ4n) is 2.91. The number of hydrogen-bond donors (Lipinski definition) is 3. The Morgan fingerprint density at radius 1 is 1.11 bits per heavy atom. The summed E-state index contributed by atoms with van der Waals surface area (Å²) >= 11 is 0. The Kier molecular flexibility index (Phi) is 5.36. The van der Waals surface area contributed by atoms with Crippen LogP contribution in [-0.4, -0.2) is 43.7 Å². The van der Waals surface area contributed by atoms with Gasteiger partial charge in [-0.3, -0.25) is 9.59 Å². The van der Waals surface area contributed by atoms with E-state index in [1.54, 1.807) is 24.3 Å². The zero-order valence-electron chi connectivity index (χ0n) is 14.6. The van der Waals surface area contributed by atoms with E-state index in [1.165, 1.54) is 24.3 Å². The second-order valence-electron chi connectivity index (χ2n) is 6.17. The zero-order chi connectivity index (χ0) is 20.4. The second kappa shape index (κ2) is 7.58. The highest BCUT2D eigenvalue weighted by atomic mass is 32.2. The highest BCUT2D eigenvalue weighted by Gasteiger charge is 2.56. The van der Waals surface area contributed by atoms with Crippen molar-refractivity contribution in [1.29, 1.82) is 0 Å². The van der Waals surface area contributed by atoms with E-state index < -0.39 is 33.5 Å². The molecule has 148 valence electrons. The monoisotopic (exact) mass is 406 g/mol. The summed E-state index contributed by atoms with van der Waals surface area (Å²) in [5.74, 6) is -1.62. The summed E-state index contributed by atoms with van der Waals surface area (Å²) in [6.07, 6.45) is -1.84. The molecule has 1 heterocycles. The largest absolute Gasteiger partial charge is 0.480 e. The number of nitrogens with one attached hydrogen (secondary N) is 1. The summed E-state index contributed by atoms with van der Waals surface area (Å²) < 4.78 is 38.2. The molecule has 0 aromatic heterocycles. The van der Waals surface area contributed by atoms with Crippen LogP contribution in [0.5, 0.6) is 11.5 Å². The van der Waals surface area contributed by atoms with Crippen LogP contribution in [0.4, 0.5) is 0 Å². The Labute approximate surface area is 161 Å². The Balaban J connectivity index is 1.84. The third-order valence-electron chi connectivity index (χ3n) is 4.30. The van der Waals surface area contributed by atoms with E-state index in [0.717, 1.165) is 0 Å². The van der Waals surface area contributed by atoms with Crippen LogP contribution in [0.15, 0.2) is 59.5 Å². The molecular weight excluding hydrogens is 388 g/mol. The number of primary amides is 1. The molecule has 0 bridgehead atoms. The molecule has 1 saturated heterocycles. The molecule has 0 spiro atoms. The van der Waals surface area contributed by atoms with Crippen molar-refractivity contribution in [3.63, 3.8) is 0 Å². The number of benzene rings is 2. The van der Waals surface area contributed by atoms with Gasteiger partial charge in [0, 0.05) is 6.42 Å². The number of ether oxygens (including phenoxy) is 2. The Morgan fingerprint density at radius 3 is 2.29 bits per heavy atom. The van der Waals surface area contributed by atoms with Crippen molar-refractivity contribution in [2.75, 3.05) is 6.61 Å². The molecule has 2 aromatic rings. The van der Waals surface area contributed by atoms with Gasteiger partial charge in [0.15, 0.2) is 11.6 Å². The minimum atomic E-state index is -4.28. The van der Waals surface area contributed by atoms with Crippen molar-refractivity contribution in [1.82, 2.24) is 4.72 Å². The minimum Gasteiger partial charge on any atom is -0.480 e. The molecule has 2 unspecified atom stereocenters. The van der Waals surface area contributed by atoms with Crippen molar-refractivity contribution in [2.45, 2.75) is 23.0 Å². The van der Waals surface area contributed by atoms with Gasteiger partial charge in [0.1, 0.15) is 11.5 Å². The van der Waals surface area contributed by atoms with E-state index in [9.17, 15) is 23.1 Å². The van der Waals surface area contributed by atoms with Crippen molar-refractivity contribution < 1.29 is 32.6 Å². The van der Waals surface area contributed by atoms with Gasteiger partial charge in [-0.1, -0.05) is 18.2 Å². The summed E-state index contributed by atoms with van der Waals surface area (Å²) in [7, 11) is -4.28. The maximum absolute atomic E-state index is 12.7. The van der Waals surface area contributed by atoms with Gasteiger partial charge in [0.05, 0.1) is 11.5 Å². The molecule has 2 atom stereocenters. The number of aliphatic carboxylic acids is 1. The number of amides is 1. The Morgan fingerprint density at radius 2 is 1.71 bits per heavy atom. The molecule has 1 amide bonds. The fraction of sp³-hybridized carbons (Fsp3) is 0.222. The summed E-state index contributed by atoms with van der Waals surface area (Å²) in [6, 6.07) is 14.3. The lowest BCUT2D eigenvalue weighted by molar-refractivity contribution is -0.150. The van der Waals surface area contributed by atoms with Crippen molar-refractivity contribution >= 4 is 21.9 Å². The van der Waals surface area contributed by atoms with Gasteiger partial charge in [-0.2, -0.15) is 4.72 Å². The van der Waals surface area contributed by atoms with Crippen LogP contribution in [0.3, 0.4) is 0 Å². The average molecular weight is 406 g/mol. The number of nitrogens with two attached hydrogens (primary N) is 1. The maximum Gasteiger partial charge on any atom is 0.328 e. The first kappa shape index (κ1) is 19.8. The van der Waals surface area contributed by atoms with E-state index in [0.29, 0.717) is 11.5 Å². The molecule has 0 radical (unpaired) electrons. The summed E-state index contributed by atoms with van der Waals surface area (Å²) in [6.45, 7) is -0.119. The highest BCUT2D eigenvalue weighted by Crippen LogP contribution is 2.29. The Hall–Kier alpha value is -2.95. The minimum absolute atomic E-state index is 0.119. The van der Waals surface area contributed by atoms with Crippen molar-refractivity contribution in [2.24, 2.45) is 5.73 Å². The number of sulfonamides is 1.